The van der Waals surface area contributed by atoms with Crippen LogP contribution in [0.3, 0.4) is 0 Å². The fourth-order valence-corrected chi connectivity index (χ4v) is 10.9. The van der Waals surface area contributed by atoms with Crippen LogP contribution in [0.4, 0.5) is 5.82 Å². The number of hydrogen-bond acceptors (Lipinski definition) is 7. The fraction of sp³-hybridized carbons (Fsp3) is 0.811. The molecule has 4 rings (SSSR count). The number of H-pyrrole nitrogens is 1. The van der Waals surface area contributed by atoms with Gasteiger partial charge in [0.2, 0.25) is 5.91 Å². The Bertz CT molecular complexity index is 1820. The number of amides is 1. The number of unbranched alkanes of at least 4 members (excludes halogenated alkanes) is 1. The van der Waals surface area contributed by atoms with E-state index in [2.05, 4.69) is 119 Å². The zero-order valence-electron chi connectivity index (χ0n) is 43.4. The highest BCUT2D eigenvalue weighted by molar-refractivity contribution is 6.34. The molecule has 2 fully saturated rings. The zero-order valence-corrected chi connectivity index (χ0v) is 43.4. The van der Waals surface area contributed by atoms with Crippen molar-refractivity contribution in [2.24, 2.45) is 79.0 Å². The summed E-state index contributed by atoms with van der Waals surface area (Å²) >= 11 is 0. The lowest BCUT2D eigenvalue weighted by molar-refractivity contribution is -0.164. The first-order chi connectivity index (χ1) is 28.9. The van der Waals surface area contributed by atoms with E-state index >= 15 is 4.79 Å². The van der Waals surface area contributed by atoms with Crippen LogP contribution in [-0.2, 0) is 19.1 Å². The summed E-state index contributed by atoms with van der Waals surface area (Å²) < 4.78 is 13.5. The first-order valence-electron chi connectivity index (χ1n) is 24.6. The number of ether oxygens (including phenoxy) is 2. The molecular weight excluding hydrogens is 787 g/mol. The van der Waals surface area contributed by atoms with Gasteiger partial charge in [0.25, 0.3) is 0 Å². The molecule has 1 aromatic rings. The molecule has 1 aromatic heterocycles. The number of rotatable bonds is 12. The predicted octanol–water partition coefficient (Wildman–Crippen LogP) is 13.2. The molecule has 2 heterocycles. The molecule has 5 unspecified atom stereocenters. The summed E-state index contributed by atoms with van der Waals surface area (Å²) in [4.78, 5) is 53.7. The van der Waals surface area contributed by atoms with E-state index in [4.69, 9.17) is 19.5 Å². The third-order valence-corrected chi connectivity index (χ3v) is 14.7. The normalized spacial score (nSPS) is 27.5. The van der Waals surface area contributed by atoms with Crippen LogP contribution in [0, 0.1) is 69.0 Å². The van der Waals surface area contributed by atoms with Crippen LogP contribution < -0.4 is 5.32 Å². The Balaban J connectivity index is 1.87. The number of aromatic amines is 1. The smallest absolute Gasteiger partial charge is 0.359 e. The summed E-state index contributed by atoms with van der Waals surface area (Å²) in [5.41, 5.74) is 1.32. The number of esters is 2. The Morgan fingerprint density at radius 2 is 1.16 bits per heavy atom. The lowest BCUT2D eigenvalue weighted by atomic mass is 9.59. The van der Waals surface area contributed by atoms with Crippen LogP contribution in [0.25, 0.3) is 0 Å². The Morgan fingerprint density at radius 3 is 1.54 bits per heavy atom. The van der Waals surface area contributed by atoms with Gasteiger partial charge in [0.1, 0.15) is 23.6 Å². The first-order valence-corrected chi connectivity index (χ1v) is 24.6. The van der Waals surface area contributed by atoms with Gasteiger partial charge in [0, 0.05) is 40.7 Å². The molecule has 1 amide bonds. The van der Waals surface area contributed by atoms with Crippen LogP contribution in [0.1, 0.15) is 212 Å². The summed E-state index contributed by atoms with van der Waals surface area (Å²) in [5, 5.41) is 10.8. The maximum atomic E-state index is 15.1. The minimum atomic E-state index is -0.492. The molecule has 0 spiro atoms. The largest absolute Gasteiger partial charge is 0.458 e. The molecule has 1 aliphatic heterocycles. The maximum absolute atomic E-state index is 15.1. The van der Waals surface area contributed by atoms with Gasteiger partial charge in [-0.3, -0.25) is 9.89 Å². The van der Waals surface area contributed by atoms with Crippen molar-refractivity contribution in [2.45, 2.75) is 208 Å². The van der Waals surface area contributed by atoms with Gasteiger partial charge in [0.05, 0.1) is 0 Å². The second kappa shape index (κ2) is 20.1. The van der Waals surface area contributed by atoms with E-state index in [1.807, 2.05) is 34.6 Å². The van der Waals surface area contributed by atoms with Gasteiger partial charge in [0.15, 0.2) is 17.3 Å². The molecule has 3 aliphatic rings. The van der Waals surface area contributed by atoms with Gasteiger partial charge in [-0.05, 0) is 83.9 Å². The lowest BCUT2D eigenvalue weighted by Crippen LogP contribution is -2.50. The van der Waals surface area contributed by atoms with Crippen molar-refractivity contribution in [3.8, 4) is 0 Å². The molecule has 10 nitrogen and oxygen atoms in total. The van der Waals surface area contributed by atoms with E-state index in [0.29, 0.717) is 35.2 Å². The molecule has 63 heavy (non-hydrogen) atoms. The summed E-state index contributed by atoms with van der Waals surface area (Å²) in [6, 6.07) is 0. The minimum absolute atomic E-state index is 0.0668. The number of aliphatic imine (C=N–C) groups is 2. The third-order valence-electron chi connectivity index (χ3n) is 14.7. The highest BCUT2D eigenvalue weighted by Crippen LogP contribution is 2.51. The molecule has 10 heteroatoms. The monoisotopic (exact) mass is 876 g/mol. The van der Waals surface area contributed by atoms with Gasteiger partial charge in [-0.1, -0.05) is 151 Å². The summed E-state index contributed by atoms with van der Waals surface area (Å²) in [6.07, 6.45) is 6.59. The maximum Gasteiger partial charge on any atom is 0.359 e. The van der Waals surface area contributed by atoms with E-state index in [9.17, 15) is 9.59 Å². The van der Waals surface area contributed by atoms with Crippen molar-refractivity contribution in [3.63, 3.8) is 0 Å². The van der Waals surface area contributed by atoms with Crippen LogP contribution in [-0.4, -0.2) is 51.9 Å². The van der Waals surface area contributed by atoms with Gasteiger partial charge >= 0.3 is 11.9 Å². The minimum Gasteiger partial charge on any atom is -0.458 e. The standard InChI is InChI=1S/C53H89N5O5/c1-21-23-24-33(22-2)47(59)56-45-40(48(60)62-42-34(50(9,10)11)25-31(7)26-35(42)51(12,13)14)38(29(3)4)44(54-45)55-46-39(30(5)6)41(57-58-46)49(61)63-43-36(52(15,16)17)27-32(8)28-37(43)53(18,19)20/h29-37,42-43H,21-28H2,1-20H3,(H2,54,55,56,57,58,59). The summed E-state index contributed by atoms with van der Waals surface area (Å²) in [7, 11) is 0. The Hall–Kier alpha value is -3.30. The van der Waals surface area contributed by atoms with Crippen LogP contribution in [0.2, 0.25) is 0 Å². The Kier molecular flexibility index (Phi) is 16.7. The number of amidine groups is 2. The fourth-order valence-electron chi connectivity index (χ4n) is 10.9. The molecule has 2 aliphatic carbocycles. The molecule has 0 aromatic carbocycles. The van der Waals surface area contributed by atoms with Gasteiger partial charge in [-0.15, -0.1) is 0 Å². The van der Waals surface area contributed by atoms with E-state index in [0.717, 1.165) is 44.9 Å². The van der Waals surface area contributed by atoms with Crippen molar-refractivity contribution in [1.29, 1.82) is 0 Å². The topological polar surface area (TPSA) is 135 Å². The van der Waals surface area contributed by atoms with Gasteiger partial charge in [-0.2, -0.15) is 5.10 Å². The van der Waals surface area contributed by atoms with Crippen molar-refractivity contribution in [3.05, 3.63) is 22.4 Å². The summed E-state index contributed by atoms with van der Waals surface area (Å²) in [5.74, 6) is 0.741. The molecular formula is C53H89N5O5. The molecule has 5 atom stereocenters. The average Bonchev–Trinajstić information content (AvgIpc) is 3.73. The van der Waals surface area contributed by atoms with E-state index in [1.165, 1.54) is 0 Å². The number of aromatic nitrogens is 2. The quantitative estimate of drug-likeness (QED) is 0.201. The second-order valence-electron chi connectivity index (χ2n) is 24.8. The van der Waals surface area contributed by atoms with E-state index < -0.39 is 11.9 Å². The second-order valence-corrected chi connectivity index (χ2v) is 24.8. The van der Waals surface area contributed by atoms with Crippen molar-refractivity contribution in [1.82, 2.24) is 15.5 Å². The Morgan fingerprint density at radius 1 is 0.714 bits per heavy atom. The number of nitrogens with one attached hydrogen (secondary N) is 2. The highest BCUT2D eigenvalue weighted by Gasteiger charge is 2.50. The number of nitrogens with zero attached hydrogens (tertiary/aromatic N) is 3. The van der Waals surface area contributed by atoms with Gasteiger partial charge in [-0.25, -0.2) is 19.6 Å². The number of hydrogen-bond donors (Lipinski definition) is 2. The van der Waals surface area contributed by atoms with Crippen molar-refractivity contribution in [2.75, 3.05) is 0 Å². The average molecular weight is 876 g/mol. The molecule has 2 saturated carbocycles. The van der Waals surface area contributed by atoms with Gasteiger partial charge < -0.3 is 14.8 Å². The van der Waals surface area contributed by atoms with Crippen LogP contribution >= 0.6 is 0 Å². The van der Waals surface area contributed by atoms with E-state index in [-0.39, 0.29) is 104 Å². The molecule has 0 bridgehead atoms. The van der Waals surface area contributed by atoms with Crippen molar-refractivity contribution < 1.29 is 23.9 Å². The zero-order chi connectivity index (χ0) is 47.7. The lowest BCUT2D eigenvalue weighted by Gasteiger charge is -2.50. The third kappa shape index (κ3) is 12.3. The predicted molar refractivity (Wildman–Crippen MR) is 258 cm³/mol. The Labute approximate surface area is 382 Å². The van der Waals surface area contributed by atoms with Crippen molar-refractivity contribution >= 4 is 35.3 Å². The molecule has 0 radical (unpaired) electrons. The first kappa shape index (κ1) is 52.3. The van der Waals surface area contributed by atoms with E-state index in [1.54, 1.807) is 0 Å². The SMILES string of the molecule is CCCCC(CC)C(=O)NC1=N/C(=N\c2[nH]nc(C(=O)OC3C(C(C)(C)C)CC(C)CC3C(C)(C)C)c2C(C)C)C(C(C)C)=C1C(=O)OC1C(C(C)(C)C)CC(C)CC1C(C)(C)C. The van der Waals surface area contributed by atoms with Crippen LogP contribution in [0.15, 0.2) is 21.1 Å². The molecule has 0 saturated heterocycles. The number of carbonyl (C=O) groups is 3. The number of carbonyl (C=O) groups excluding carboxylic acids is 3. The summed E-state index contributed by atoms with van der Waals surface area (Å²) in [6.45, 7) is 43.7. The highest BCUT2D eigenvalue weighted by atomic mass is 16.5. The molecule has 356 valence electrons. The molecule has 2 N–H and O–H groups in total. The van der Waals surface area contributed by atoms with Crippen LogP contribution in [0.5, 0.6) is 0 Å².